The largest absolute Gasteiger partial charge is 0.313 e. The molecule has 1 N–H and O–H groups in total. The molecule has 2 aromatic carbocycles. The fraction of sp³-hybridized carbons (Fsp3) is 0.368. The molecule has 0 heterocycles. The molecule has 1 aliphatic rings. The van der Waals surface area contributed by atoms with Gasteiger partial charge in [0.15, 0.2) is 0 Å². The Bertz CT molecular complexity index is 621. The number of nitrogens with one attached hydrogen (secondary N) is 1. The molecule has 0 radical (unpaired) electrons. The first-order valence-corrected chi connectivity index (χ1v) is 8.17. The van der Waals surface area contributed by atoms with E-state index in [1.807, 2.05) is 19.2 Å². The van der Waals surface area contributed by atoms with Crippen LogP contribution in [0.4, 0.5) is 0 Å². The topological polar surface area (TPSA) is 12.0 Å². The second-order valence-electron chi connectivity index (χ2n) is 5.91. The number of rotatable bonds is 4. The summed E-state index contributed by atoms with van der Waals surface area (Å²) in [6, 6.07) is 15.5. The van der Waals surface area contributed by atoms with E-state index in [0.717, 1.165) is 11.4 Å². The number of likely N-dealkylation sites (N-methyl/N-ethyl adjacent to an activating group) is 1. The van der Waals surface area contributed by atoms with Crippen LogP contribution in [0.15, 0.2) is 42.5 Å². The highest BCUT2D eigenvalue weighted by Gasteiger charge is 2.14. The van der Waals surface area contributed by atoms with Crippen LogP contribution in [0.1, 0.15) is 41.1 Å². The van der Waals surface area contributed by atoms with Crippen molar-refractivity contribution in [3.05, 3.63) is 69.7 Å². The van der Waals surface area contributed by atoms with Crippen molar-refractivity contribution in [1.82, 2.24) is 5.32 Å². The van der Waals surface area contributed by atoms with Crippen molar-refractivity contribution in [2.75, 3.05) is 7.05 Å². The lowest BCUT2D eigenvalue weighted by Crippen LogP contribution is -2.19. The Morgan fingerprint density at radius 1 is 1.05 bits per heavy atom. The molecule has 2 aromatic rings. The zero-order valence-electron chi connectivity index (χ0n) is 12.5. The Kier molecular flexibility index (Phi) is 4.62. The van der Waals surface area contributed by atoms with Crippen LogP contribution >= 0.6 is 11.6 Å². The molecular weight excluding hydrogens is 278 g/mol. The smallest absolute Gasteiger partial charge is 0.0408 e. The normalized spacial score (nSPS) is 15.5. The first kappa shape index (κ1) is 14.6. The second kappa shape index (κ2) is 6.64. The molecule has 0 aliphatic heterocycles. The van der Waals surface area contributed by atoms with E-state index in [1.54, 1.807) is 11.1 Å². The Morgan fingerprint density at radius 2 is 1.86 bits per heavy atom. The molecule has 1 aliphatic carbocycles. The SMILES string of the molecule is CNC(Cc1cccc(Cl)c1)c1ccc2c(c1)CCCC2. The molecule has 1 atom stereocenters. The number of fused-ring (bicyclic) bond motifs is 1. The fourth-order valence-corrected chi connectivity index (χ4v) is 3.47. The maximum Gasteiger partial charge on any atom is 0.0408 e. The third-order valence-corrected chi connectivity index (χ3v) is 4.69. The van der Waals surface area contributed by atoms with Crippen LogP contribution in [-0.4, -0.2) is 7.05 Å². The lowest BCUT2D eigenvalue weighted by atomic mass is 9.88. The van der Waals surface area contributed by atoms with Crippen molar-refractivity contribution in [3.8, 4) is 0 Å². The Hall–Kier alpha value is -1.31. The van der Waals surface area contributed by atoms with Gasteiger partial charge >= 0.3 is 0 Å². The molecule has 0 bridgehead atoms. The summed E-state index contributed by atoms with van der Waals surface area (Å²) in [5.41, 5.74) is 5.75. The molecule has 0 fully saturated rings. The van der Waals surface area contributed by atoms with Crippen molar-refractivity contribution in [1.29, 1.82) is 0 Å². The second-order valence-corrected chi connectivity index (χ2v) is 6.35. The van der Waals surface area contributed by atoms with Gasteiger partial charge in [0.2, 0.25) is 0 Å². The minimum absolute atomic E-state index is 0.343. The highest BCUT2D eigenvalue weighted by Crippen LogP contribution is 2.26. The number of hydrogen-bond acceptors (Lipinski definition) is 1. The Morgan fingerprint density at radius 3 is 2.62 bits per heavy atom. The van der Waals surface area contributed by atoms with E-state index < -0.39 is 0 Å². The summed E-state index contributed by atoms with van der Waals surface area (Å²) in [5.74, 6) is 0. The maximum absolute atomic E-state index is 6.09. The van der Waals surface area contributed by atoms with Gasteiger partial charge in [0.05, 0.1) is 0 Å². The lowest BCUT2D eigenvalue weighted by molar-refractivity contribution is 0.588. The van der Waals surface area contributed by atoms with E-state index in [9.17, 15) is 0 Å². The van der Waals surface area contributed by atoms with E-state index >= 15 is 0 Å². The Balaban J connectivity index is 1.82. The van der Waals surface area contributed by atoms with Crippen molar-refractivity contribution in [2.45, 2.75) is 38.1 Å². The van der Waals surface area contributed by atoms with Crippen LogP contribution in [0, 0.1) is 0 Å². The van der Waals surface area contributed by atoms with Crippen molar-refractivity contribution < 1.29 is 0 Å². The van der Waals surface area contributed by atoms with Gasteiger partial charge in [0.1, 0.15) is 0 Å². The van der Waals surface area contributed by atoms with Crippen molar-refractivity contribution in [3.63, 3.8) is 0 Å². The molecule has 2 heteroatoms. The maximum atomic E-state index is 6.09. The molecule has 0 saturated carbocycles. The van der Waals surface area contributed by atoms with Gasteiger partial charge in [-0.05, 0) is 73.5 Å². The summed E-state index contributed by atoms with van der Waals surface area (Å²) >= 11 is 6.09. The van der Waals surface area contributed by atoms with E-state index in [4.69, 9.17) is 11.6 Å². The summed E-state index contributed by atoms with van der Waals surface area (Å²) in [6.07, 6.45) is 6.11. The first-order valence-electron chi connectivity index (χ1n) is 7.79. The monoisotopic (exact) mass is 299 g/mol. The number of aryl methyl sites for hydroxylation is 2. The molecule has 3 rings (SSSR count). The summed E-state index contributed by atoms with van der Waals surface area (Å²) in [7, 11) is 2.04. The van der Waals surface area contributed by atoms with Crippen LogP contribution in [-0.2, 0) is 19.3 Å². The van der Waals surface area contributed by atoms with Crippen LogP contribution in [0.25, 0.3) is 0 Å². The first-order chi connectivity index (χ1) is 10.3. The highest BCUT2D eigenvalue weighted by atomic mass is 35.5. The summed E-state index contributed by atoms with van der Waals surface area (Å²) in [6.45, 7) is 0. The molecule has 0 amide bonds. The van der Waals surface area contributed by atoms with E-state index in [2.05, 4.69) is 35.6 Å². The highest BCUT2D eigenvalue weighted by molar-refractivity contribution is 6.30. The third-order valence-electron chi connectivity index (χ3n) is 4.45. The number of halogens is 1. The molecule has 0 aromatic heterocycles. The van der Waals surface area contributed by atoms with Gasteiger partial charge in [-0.3, -0.25) is 0 Å². The lowest BCUT2D eigenvalue weighted by Gasteiger charge is -2.21. The summed E-state index contributed by atoms with van der Waals surface area (Å²) in [5, 5.41) is 4.26. The summed E-state index contributed by atoms with van der Waals surface area (Å²) < 4.78 is 0. The zero-order valence-corrected chi connectivity index (χ0v) is 13.3. The quantitative estimate of drug-likeness (QED) is 0.861. The van der Waals surface area contributed by atoms with Crippen LogP contribution < -0.4 is 5.32 Å². The van der Waals surface area contributed by atoms with Gasteiger partial charge in [-0.2, -0.15) is 0 Å². The van der Waals surface area contributed by atoms with Crippen molar-refractivity contribution >= 4 is 11.6 Å². The summed E-state index contributed by atoms with van der Waals surface area (Å²) in [4.78, 5) is 0. The molecule has 1 unspecified atom stereocenters. The van der Waals surface area contributed by atoms with Gasteiger partial charge in [-0.25, -0.2) is 0 Å². The zero-order chi connectivity index (χ0) is 14.7. The molecule has 0 spiro atoms. The van der Waals surface area contributed by atoms with E-state index in [1.165, 1.54) is 36.8 Å². The minimum atomic E-state index is 0.343. The van der Waals surface area contributed by atoms with Crippen molar-refractivity contribution in [2.24, 2.45) is 0 Å². The number of hydrogen-bond donors (Lipinski definition) is 1. The predicted molar refractivity (Wildman–Crippen MR) is 90.0 cm³/mol. The average molecular weight is 300 g/mol. The third kappa shape index (κ3) is 3.48. The van der Waals surface area contributed by atoms with Gasteiger partial charge in [-0.15, -0.1) is 0 Å². The molecular formula is C19H22ClN. The standard InChI is InChI=1S/C19H22ClN/c1-21-19(12-14-5-4-8-18(20)11-14)17-10-9-15-6-2-3-7-16(15)13-17/h4-5,8-11,13,19,21H,2-3,6-7,12H2,1H3. The molecule has 1 nitrogen and oxygen atoms in total. The van der Waals surface area contributed by atoms with E-state index in [0.29, 0.717) is 6.04 Å². The van der Waals surface area contributed by atoms with Crippen LogP contribution in [0.3, 0.4) is 0 Å². The molecule has 0 saturated heterocycles. The van der Waals surface area contributed by atoms with Gasteiger partial charge in [-0.1, -0.05) is 41.9 Å². The predicted octanol–water partition coefficient (Wildman–Crippen LogP) is 4.72. The van der Waals surface area contributed by atoms with Gasteiger partial charge in [0.25, 0.3) is 0 Å². The minimum Gasteiger partial charge on any atom is -0.313 e. The van der Waals surface area contributed by atoms with Crippen LogP contribution in [0.5, 0.6) is 0 Å². The van der Waals surface area contributed by atoms with Gasteiger partial charge < -0.3 is 5.32 Å². The molecule has 21 heavy (non-hydrogen) atoms. The average Bonchev–Trinajstić information content (AvgIpc) is 2.52. The van der Waals surface area contributed by atoms with Crippen LogP contribution in [0.2, 0.25) is 5.02 Å². The molecule has 110 valence electrons. The number of benzene rings is 2. The van der Waals surface area contributed by atoms with E-state index in [-0.39, 0.29) is 0 Å². The Labute approximate surface area is 132 Å². The fourth-order valence-electron chi connectivity index (χ4n) is 3.26. The van der Waals surface area contributed by atoms with Gasteiger partial charge in [0, 0.05) is 11.1 Å².